The molecule has 2 rings (SSSR count). The molecule has 5 nitrogen and oxygen atoms in total. The number of ether oxygens (including phenoxy) is 2. The largest absolute Gasteiger partial charge is 0.377 e. The molecule has 5 heteroatoms. The number of morpholine rings is 1. The molecule has 0 amide bonds. The molecular weight excluding hydrogens is 218 g/mol. The van der Waals surface area contributed by atoms with Crippen molar-refractivity contribution < 1.29 is 9.47 Å². The second-order valence-corrected chi connectivity index (χ2v) is 4.97. The van der Waals surface area contributed by atoms with E-state index < -0.39 is 0 Å². The molecule has 1 aliphatic rings. The fourth-order valence-corrected chi connectivity index (χ4v) is 1.96. The topological polar surface area (TPSA) is 48.3 Å². The van der Waals surface area contributed by atoms with Gasteiger partial charge in [-0.3, -0.25) is 0 Å². The first-order valence-electron chi connectivity index (χ1n) is 6.00. The van der Waals surface area contributed by atoms with Gasteiger partial charge in [-0.05, 0) is 13.8 Å². The lowest BCUT2D eigenvalue weighted by molar-refractivity contribution is -0.00140. The highest BCUT2D eigenvalue weighted by Crippen LogP contribution is 2.21. The SMILES string of the molecule is COC(C)(C)Cn1cncc1C1CNCCO1. The van der Waals surface area contributed by atoms with Crippen molar-refractivity contribution in [2.24, 2.45) is 0 Å². The Morgan fingerprint density at radius 2 is 2.47 bits per heavy atom. The zero-order valence-corrected chi connectivity index (χ0v) is 10.8. The Bertz CT molecular complexity index is 356. The molecule has 0 aliphatic carbocycles. The van der Waals surface area contributed by atoms with Gasteiger partial charge in [0.2, 0.25) is 0 Å². The van der Waals surface area contributed by atoms with Crippen LogP contribution in [0.15, 0.2) is 12.5 Å². The summed E-state index contributed by atoms with van der Waals surface area (Å²) < 4.78 is 13.3. The van der Waals surface area contributed by atoms with E-state index in [1.807, 2.05) is 12.5 Å². The zero-order chi connectivity index (χ0) is 12.3. The molecule has 0 aromatic carbocycles. The molecule has 1 fully saturated rings. The molecule has 17 heavy (non-hydrogen) atoms. The summed E-state index contributed by atoms with van der Waals surface area (Å²) in [6.07, 6.45) is 3.82. The number of imidazole rings is 1. The molecule has 0 radical (unpaired) electrons. The monoisotopic (exact) mass is 239 g/mol. The molecule has 96 valence electrons. The molecule has 1 unspecified atom stereocenters. The van der Waals surface area contributed by atoms with E-state index in [9.17, 15) is 0 Å². The summed E-state index contributed by atoms with van der Waals surface area (Å²) in [4.78, 5) is 4.22. The van der Waals surface area contributed by atoms with Crippen LogP contribution < -0.4 is 5.32 Å². The average Bonchev–Trinajstić information content (AvgIpc) is 2.77. The highest BCUT2D eigenvalue weighted by atomic mass is 16.5. The van der Waals surface area contributed by atoms with Crippen molar-refractivity contribution in [3.05, 3.63) is 18.2 Å². The van der Waals surface area contributed by atoms with E-state index in [0.717, 1.165) is 31.9 Å². The maximum absolute atomic E-state index is 5.75. The van der Waals surface area contributed by atoms with E-state index in [1.165, 1.54) is 0 Å². The fraction of sp³-hybridized carbons (Fsp3) is 0.750. The number of rotatable bonds is 4. The lowest BCUT2D eigenvalue weighted by atomic mass is 10.1. The Hall–Kier alpha value is -0.910. The average molecular weight is 239 g/mol. The Balaban J connectivity index is 2.10. The summed E-state index contributed by atoms with van der Waals surface area (Å²) in [5.41, 5.74) is 0.916. The van der Waals surface area contributed by atoms with Crippen LogP contribution in [0.3, 0.4) is 0 Å². The normalized spacial score (nSPS) is 21.7. The maximum Gasteiger partial charge on any atom is 0.111 e. The number of hydrogen-bond acceptors (Lipinski definition) is 4. The molecule has 1 N–H and O–H groups in total. The summed E-state index contributed by atoms with van der Waals surface area (Å²) in [5.74, 6) is 0. The predicted molar refractivity (Wildman–Crippen MR) is 64.9 cm³/mol. The number of hydrogen-bond donors (Lipinski definition) is 1. The van der Waals surface area contributed by atoms with Gasteiger partial charge in [-0.2, -0.15) is 0 Å². The number of nitrogens with one attached hydrogen (secondary N) is 1. The van der Waals surface area contributed by atoms with Gasteiger partial charge in [-0.25, -0.2) is 4.98 Å². The van der Waals surface area contributed by atoms with Crippen LogP contribution in [-0.4, -0.2) is 42.0 Å². The maximum atomic E-state index is 5.75. The van der Waals surface area contributed by atoms with Crippen LogP contribution >= 0.6 is 0 Å². The van der Waals surface area contributed by atoms with Crippen LogP contribution in [0.5, 0.6) is 0 Å². The van der Waals surface area contributed by atoms with Crippen LogP contribution in [-0.2, 0) is 16.0 Å². The van der Waals surface area contributed by atoms with Crippen molar-refractivity contribution in [1.29, 1.82) is 0 Å². The van der Waals surface area contributed by atoms with Crippen molar-refractivity contribution in [3.63, 3.8) is 0 Å². The third kappa shape index (κ3) is 3.06. The van der Waals surface area contributed by atoms with Crippen molar-refractivity contribution in [2.75, 3.05) is 26.8 Å². The van der Waals surface area contributed by atoms with Crippen molar-refractivity contribution >= 4 is 0 Å². The lowest BCUT2D eigenvalue weighted by Gasteiger charge is -2.28. The van der Waals surface area contributed by atoms with Crippen LogP contribution in [0.4, 0.5) is 0 Å². The minimum Gasteiger partial charge on any atom is -0.377 e. The summed E-state index contributed by atoms with van der Waals surface area (Å²) in [6, 6.07) is 0. The number of aromatic nitrogens is 2. The van der Waals surface area contributed by atoms with E-state index in [1.54, 1.807) is 7.11 Å². The van der Waals surface area contributed by atoms with E-state index in [4.69, 9.17) is 9.47 Å². The van der Waals surface area contributed by atoms with Gasteiger partial charge >= 0.3 is 0 Å². The molecule has 0 spiro atoms. The highest BCUT2D eigenvalue weighted by Gasteiger charge is 2.23. The molecule has 1 aromatic rings. The Morgan fingerprint density at radius 1 is 1.65 bits per heavy atom. The minimum atomic E-state index is -0.197. The Morgan fingerprint density at radius 3 is 3.12 bits per heavy atom. The number of methoxy groups -OCH3 is 1. The van der Waals surface area contributed by atoms with Crippen molar-refractivity contribution in [3.8, 4) is 0 Å². The standard InChI is InChI=1S/C12H21N3O2/c1-12(2,16-3)8-15-9-14-6-10(15)11-7-13-4-5-17-11/h6,9,11,13H,4-5,7-8H2,1-3H3. The molecule has 1 aliphatic heterocycles. The minimum absolute atomic E-state index is 0.0962. The molecule has 0 bridgehead atoms. The van der Waals surface area contributed by atoms with Gasteiger partial charge in [0.05, 0.1) is 37.0 Å². The van der Waals surface area contributed by atoms with Gasteiger partial charge in [0.1, 0.15) is 6.10 Å². The summed E-state index contributed by atoms with van der Waals surface area (Å²) in [5, 5.41) is 3.33. The first-order chi connectivity index (χ1) is 8.12. The third-order valence-corrected chi connectivity index (χ3v) is 3.11. The van der Waals surface area contributed by atoms with E-state index in [2.05, 4.69) is 28.7 Å². The van der Waals surface area contributed by atoms with Gasteiger partial charge in [0.15, 0.2) is 0 Å². The van der Waals surface area contributed by atoms with Crippen LogP contribution in [0.1, 0.15) is 25.6 Å². The lowest BCUT2D eigenvalue weighted by Crippen LogP contribution is -2.36. The van der Waals surface area contributed by atoms with Crippen molar-refractivity contribution in [1.82, 2.24) is 14.9 Å². The number of nitrogens with zero attached hydrogens (tertiary/aromatic N) is 2. The van der Waals surface area contributed by atoms with Crippen LogP contribution in [0, 0.1) is 0 Å². The van der Waals surface area contributed by atoms with E-state index in [0.29, 0.717) is 0 Å². The van der Waals surface area contributed by atoms with E-state index >= 15 is 0 Å². The molecular formula is C12H21N3O2. The first kappa shape index (κ1) is 12.5. The first-order valence-corrected chi connectivity index (χ1v) is 6.00. The smallest absolute Gasteiger partial charge is 0.111 e. The Labute approximate surface area is 102 Å². The highest BCUT2D eigenvalue weighted by molar-refractivity contribution is 5.05. The molecule has 1 atom stereocenters. The predicted octanol–water partition coefficient (Wildman–Crippen LogP) is 0.969. The van der Waals surface area contributed by atoms with Gasteiger partial charge in [0.25, 0.3) is 0 Å². The fourth-order valence-electron chi connectivity index (χ4n) is 1.96. The molecule has 1 aromatic heterocycles. The van der Waals surface area contributed by atoms with Gasteiger partial charge in [-0.15, -0.1) is 0 Å². The van der Waals surface area contributed by atoms with Crippen LogP contribution in [0.2, 0.25) is 0 Å². The quantitative estimate of drug-likeness (QED) is 0.850. The Kier molecular flexibility index (Phi) is 3.81. The molecule has 0 saturated carbocycles. The summed E-state index contributed by atoms with van der Waals surface area (Å²) >= 11 is 0. The van der Waals surface area contributed by atoms with Gasteiger partial charge < -0.3 is 19.4 Å². The van der Waals surface area contributed by atoms with E-state index in [-0.39, 0.29) is 11.7 Å². The van der Waals surface area contributed by atoms with Gasteiger partial charge in [0, 0.05) is 20.2 Å². The second kappa shape index (κ2) is 5.16. The second-order valence-electron chi connectivity index (χ2n) is 4.97. The molecule has 1 saturated heterocycles. The van der Waals surface area contributed by atoms with Crippen molar-refractivity contribution in [2.45, 2.75) is 32.1 Å². The third-order valence-electron chi connectivity index (χ3n) is 3.11. The molecule has 2 heterocycles. The van der Waals surface area contributed by atoms with Crippen LogP contribution in [0.25, 0.3) is 0 Å². The summed E-state index contributed by atoms with van der Waals surface area (Å²) in [7, 11) is 1.73. The summed E-state index contributed by atoms with van der Waals surface area (Å²) in [6.45, 7) is 7.43. The van der Waals surface area contributed by atoms with Gasteiger partial charge in [-0.1, -0.05) is 0 Å². The zero-order valence-electron chi connectivity index (χ0n) is 10.8.